The first-order chi connectivity index (χ1) is 14.5. The van der Waals surface area contributed by atoms with E-state index in [-0.39, 0.29) is 28.9 Å². The number of thiophene rings is 1. The molecule has 31 heavy (non-hydrogen) atoms. The van der Waals surface area contributed by atoms with Gasteiger partial charge in [-0.1, -0.05) is 27.7 Å². The van der Waals surface area contributed by atoms with E-state index in [1.54, 1.807) is 18.4 Å². The van der Waals surface area contributed by atoms with Crippen molar-refractivity contribution in [2.24, 2.45) is 0 Å². The van der Waals surface area contributed by atoms with Crippen molar-refractivity contribution < 1.29 is 14.3 Å². The molecule has 1 fully saturated rings. The molecule has 0 radical (unpaired) electrons. The summed E-state index contributed by atoms with van der Waals surface area (Å²) in [6.45, 7) is 14.7. The average Bonchev–Trinajstić information content (AvgIpc) is 3.19. The van der Waals surface area contributed by atoms with E-state index in [4.69, 9.17) is 9.47 Å². The monoisotopic (exact) mass is 441 g/mol. The van der Waals surface area contributed by atoms with Crippen LogP contribution < -0.4 is 4.74 Å². The molecule has 1 aliphatic heterocycles. The van der Waals surface area contributed by atoms with Gasteiger partial charge in [0.25, 0.3) is 5.91 Å². The number of benzene rings is 1. The molecule has 0 N–H and O–H groups in total. The van der Waals surface area contributed by atoms with Gasteiger partial charge in [0, 0.05) is 23.5 Å². The lowest BCUT2D eigenvalue weighted by molar-refractivity contribution is -0.0585. The summed E-state index contributed by atoms with van der Waals surface area (Å²) in [6, 6.07) is 8.57. The van der Waals surface area contributed by atoms with Crippen LogP contribution in [0.2, 0.25) is 0 Å². The first-order valence-corrected chi connectivity index (χ1v) is 12.1. The number of rotatable bonds is 3. The van der Waals surface area contributed by atoms with Crippen molar-refractivity contribution in [2.75, 3.05) is 20.2 Å². The number of fused-ring (bicyclic) bond motifs is 1. The number of nitrogens with zero attached hydrogens (tertiary/aromatic N) is 1. The third-order valence-electron chi connectivity index (χ3n) is 6.96. The van der Waals surface area contributed by atoms with Crippen LogP contribution >= 0.6 is 11.3 Å². The maximum absolute atomic E-state index is 13.2. The van der Waals surface area contributed by atoms with E-state index in [1.165, 1.54) is 24.0 Å². The third-order valence-corrected chi connectivity index (χ3v) is 8.07. The Bertz CT molecular complexity index is 981. The van der Waals surface area contributed by atoms with E-state index in [1.807, 2.05) is 24.8 Å². The number of ether oxygens (including phenoxy) is 2. The lowest BCUT2D eigenvalue weighted by atomic mass is 9.63. The summed E-state index contributed by atoms with van der Waals surface area (Å²) in [7, 11) is 1.74. The van der Waals surface area contributed by atoms with E-state index in [0.717, 1.165) is 21.1 Å². The van der Waals surface area contributed by atoms with Crippen molar-refractivity contribution in [3.8, 4) is 16.2 Å². The molecule has 1 saturated heterocycles. The Labute approximate surface area is 190 Å². The summed E-state index contributed by atoms with van der Waals surface area (Å²) in [5.74, 6) is 0.982. The fourth-order valence-electron chi connectivity index (χ4n) is 5.05. The molecular formula is C26H35NO3S. The SMILES string of the molecule is COc1cc2c(cc1-c1ccc(C(=O)N3CC(C)OC(C)C3)s1)C(C)(C)CCC2(C)C. The standard InChI is InChI=1S/C26H35NO3S/c1-16-14-27(15-17(2)30-16)24(28)23-9-8-22(31-23)18-12-19-20(13-21(18)29-7)26(5,6)11-10-25(19,3)4/h8-9,12-13,16-17H,10-11,14-15H2,1-7H3. The van der Waals surface area contributed by atoms with E-state index in [2.05, 4.69) is 45.9 Å². The summed E-state index contributed by atoms with van der Waals surface area (Å²) in [6.07, 6.45) is 2.47. The van der Waals surface area contributed by atoms with Crippen LogP contribution in [0.5, 0.6) is 5.75 Å². The highest BCUT2D eigenvalue weighted by molar-refractivity contribution is 7.17. The minimum atomic E-state index is 0.0680. The van der Waals surface area contributed by atoms with Gasteiger partial charge in [-0.2, -0.15) is 0 Å². The van der Waals surface area contributed by atoms with Crippen LogP contribution in [0.4, 0.5) is 0 Å². The average molecular weight is 442 g/mol. The molecular weight excluding hydrogens is 406 g/mol. The second-order valence-corrected chi connectivity index (χ2v) is 11.6. The fraction of sp³-hybridized carbons (Fsp3) is 0.577. The normalized spacial score (nSPS) is 24.5. The zero-order chi connectivity index (χ0) is 22.6. The quantitative estimate of drug-likeness (QED) is 0.584. The van der Waals surface area contributed by atoms with E-state index < -0.39 is 0 Å². The van der Waals surface area contributed by atoms with Gasteiger partial charge in [-0.3, -0.25) is 4.79 Å². The molecule has 0 bridgehead atoms. The maximum Gasteiger partial charge on any atom is 0.264 e. The lowest BCUT2D eigenvalue weighted by Gasteiger charge is -2.42. The number of hydrogen-bond donors (Lipinski definition) is 0. The minimum absolute atomic E-state index is 0.0680. The number of carbonyl (C=O) groups excluding carboxylic acids is 1. The summed E-state index contributed by atoms with van der Waals surface area (Å²) in [5.41, 5.74) is 4.13. The molecule has 1 aromatic carbocycles. The molecule has 0 spiro atoms. The second-order valence-electron chi connectivity index (χ2n) is 10.5. The Morgan fingerprint density at radius 3 is 2.19 bits per heavy atom. The molecule has 2 atom stereocenters. The molecule has 168 valence electrons. The van der Waals surface area contributed by atoms with Gasteiger partial charge in [-0.25, -0.2) is 0 Å². The Balaban J connectivity index is 1.71. The number of carbonyl (C=O) groups is 1. The minimum Gasteiger partial charge on any atom is -0.496 e. The van der Waals surface area contributed by atoms with Crippen LogP contribution in [-0.4, -0.2) is 43.2 Å². The fourth-order valence-corrected chi connectivity index (χ4v) is 6.05. The van der Waals surface area contributed by atoms with Crippen LogP contribution in [-0.2, 0) is 15.6 Å². The smallest absolute Gasteiger partial charge is 0.264 e. The molecule has 2 aliphatic rings. The molecule has 5 heteroatoms. The zero-order valence-electron chi connectivity index (χ0n) is 19.9. The van der Waals surface area contributed by atoms with Crippen LogP contribution in [0.1, 0.15) is 75.2 Å². The second kappa shape index (κ2) is 7.93. The van der Waals surface area contributed by atoms with Crippen molar-refractivity contribution in [3.05, 3.63) is 40.3 Å². The summed E-state index contributed by atoms with van der Waals surface area (Å²) >= 11 is 1.56. The van der Waals surface area contributed by atoms with E-state index in [9.17, 15) is 4.79 Å². The van der Waals surface area contributed by atoms with Gasteiger partial charge >= 0.3 is 0 Å². The van der Waals surface area contributed by atoms with Crippen molar-refractivity contribution >= 4 is 17.2 Å². The predicted octanol–water partition coefficient (Wildman–Crippen LogP) is 6.02. The van der Waals surface area contributed by atoms with Gasteiger partial charge in [0.15, 0.2) is 0 Å². The molecule has 4 rings (SSSR count). The highest BCUT2D eigenvalue weighted by Gasteiger charge is 2.38. The number of methoxy groups -OCH3 is 1. The van der Waals surface area contributed by atoms with Crippen molar-refractivity contribution in [3.63, 3.8) is 0 Å². The van der Waals surface area contributed by atoms with Gasteiger partial charge in [0.1, 0.15) is 5.75 Å². The number of hydrogen-bond acceptors (Lipinski definition) is 4. The molecule has 4 nitrogen and oxygen atoms in total. The Hall–Kier alpha value is -1.85. The maximum atomic E-state index is 13.2. The molecule has 0 saturated carbocycles. The largest absolute Gasteiger partial charge is 0.496 e. The molecule has 1 amide bonds. The van der Waals surface area contributed by atoms with Gasteiger partial charge < -0.3 is 14.4 Å². The zero-order valence-corrected chi connectivity index (χ0v) is 20.7. The number of amides is 1. The summed E-state index contributed by atoms with van der Waals surface area (Å²) < 4.78 is 11.6. The topological polar surface area (TPSA) is 38.8 Å². The first-order valence-electron chi connectivity index (χ1n) is 11.3. The summed E-state index contributed by atoms with van der Waals surface area (Å²) in [4.78, 5) is 16.9. The van der Waals surface area contributed by atoms with Gasteiger partial charge in [0.05, 0.1) is 24.2 Å². The van der Waals surface area contributed by atoms with Crippen molar-refractivity contribution in [2.45, 2.75) is 77.4 Å². The molecule has 2 heterocycles. The molecule has 1 aliphatic carbocycles. The van der Waals surface area contributed by atoms with Crippen LogP contribution in [0, 0.1) is 0 Å². The number of morpholine rings is 1. The highest BCUT2D eigenvalue weighted by atomic mass is 32.1. The molecule has 1 aromatic heterocycles. The Morgan fingerprint density at radius 2 is 1.61 bits per heavy atom. The lowest BCUT2D eigenvalue weighted by Crippen LogP contribution is -2.48. The molecule has 2 aromatic rings. The molecule has 2 unspecified atom stereocenters. The highest BCUT2D eigenvalue weighted by Crippen LogP contribution is 2.49. The predicted molar refractivity (Wildman–Crippen MR) is 128 cm³/mol. The van der Waals surface area contributed by atoms with Crippen LogP contribution in [0.3, 0.4) is 0 Å². The van der Waals surface area contributed by atoms with Crippen molar-refractivity contribution in [1.82, 2.24) is 4.90 Å². The first kappa shape index (κ1) is 22.3. The van der Waals surface area contributed by atoms with Crippen LogP contribution in [0.25, 0.3) is 10.4 Å². The third kappa shape index (κ3) is 4.14. The Kier molecular flexibility index (Phi) is 5.72. The van der Waals surface area contributed by atoms with Crippen molar-refractivity contribution in [1.29, 1.82) is 0 Å². The van der Waals surface area contributed by atoms with Gasteiger partial charge in [-0.05, 0) is 72.9 Å². The summed E-state index contributed by atoms with van der Waals surface area (Å²) in [5, 5.41) is 0. The van der Waals surface area contributed by atoms with E-state index in [0.29, 0.717) is 13.1 Å². The van der Waals surface area contributed by atoms with Gasteiger partial charge in [-0.15, -0.1) is 11.3 Å². The Morgan fingerprint density at radius 1 is 1.03 bits per heavy atom. The van der Waals surface area contributed by atoms with E-state index >= 15 is 0 Å². The van der Waals surface area contributed by atoms with Crippen LogP contribution in [0.15, 0.2) is 24.3 Å². The van der Waals surface area contributed by atoms with Gasteiger partial charge in [0.2, 0.25) is 0 Å².